The van der Waals surface area contributed by atoms with E-state index in [0.717, 1.165) is 82.6 Å². The summed E-state index contributed by atoms with van der Waals surface area (Å²) in [5.41, 5.74) is 2.21. The van der Waals surface area contributed by atoms with Crippen LogP contribution in [0.3, 0.4) is 0 Å². The van der Waals surface area contributed by atoms with E-state index in [1.165, 1.54) is 5.56 Å². The van der Waals surface area contributed by atoms with Crippen molar-refractivity contribution < 1.29 is 48.4 Å². The van der Waals surface area contributed by atoms with Gasteiger partial charge in [0.1, 0.15) is 5.75 Å². The number of aliphatic hydroxyl groups is 1. The SMILES string of the molecule is CC12CCC3c4ccc(OS(=O)(=O)O)cc4CC(CCCCCCCCCS(=O)CCCC(F)(F)C(F)(F)F)C3C1CCC2O. The lowest BCUT2D eigenvalue weighted by Gasteiger charge is -2.53. The molecule has 6 nitrogen and oxygen atoms in total. The van der Waals surface area contributed by atoms with E-state index in [1.807, 2.05) is 6.07 Å². The minimum atomic E-state index is -5.57. The van der Waals surface area contributed by atoms with Crippen molar-refractivity contribution in [2.24, 2.45) is 23.2 Å². The lowest BCUT2D eigenvalue weighted by Crippen LogP contribution is -2.47. The van der Waals surface area contributed by atoms with Crippen LogP contribution in [0, 0.1) is 23.2 Å². The van der Waals surface area contributed by atoms with Crippen LogP contribution in [-0.4, -0.2) is 52.0 Å². The summed E-state index contributed by atoms with van der Waals surface area (Å²) < 4.78 is 111. The summed E-state index contributed by atoms with van der Waals surface area (Å²) >= 11 is 0. The van der Waals surface area contributed by atoms with E-state index in [0.29, 0.717) is 35.8 Å². The Kier molecular flexibility index (Phi) is 12.1. The summed E-state index contributed by atoms with van der Waals surface area (Å²) in [5, 5.41) is 10.9. The van der Waals surface area contributed by atoms with Gasteiger partial charge in [-0.25, -0.2) is 0 Å². The first-order valence-electron chi connectivity index (χ1n) is 16.3. The molecular weight excluding hydrogens is 639 g/mol. The molecule has 0 saturated heterocycles. The molecule has 1 aromatic rings. The first-order chi connectivity index (χ1) is 21.0. The number of fused-ring (bicyclic) bond motifs is 5. The molecule has 3 aliphatic carbocycles. The molecule has 0 spiro atoms. The topological polar surface area (TPSA) is 101 Å². The molecule has 0 heterocycles. The molecule has 0 aliphatic heterocycles. The Labute approximate surface area is 266 Å². The van der Waals surface area contributed by atoms with Gasteiger partial charge in [0.25, 0.3) is 0 Å². The monoisotopic (exact) mass is 686 g/mol. The van der Waals surface area contributed by atoms with Gasteiger partial charge in [-0.2, -0.15) is 30.4 Å². The van der Waals surface area contributed by atoms with Crippen LogP contribution in [0.1, 0.15) is 114 Å². The Morgan fingerprint density at radius 3 is 2.27 bits per heavy atom. The fourth-order valence-corrected chi connectivity index (χ4v) is 9.99. The van der Waals surface area contributed by atoms with E-state index in [9.17, 15) is 39.7 Å². The maximum absolute atomic E-state index is 13.0. The van der Waals surface area contributed by atoms with Crippen LogP contribution in [0.4, 0.5) is 22.0 Å². The number of unbranched alkanes of at least 4 members (excludes halogenated alkanes) is 6. The third kappa shape index (κ3) is 9.19. The maximum atomic E-state index is 13.0. The highest BCUT2D eigenvalue weighted by atomic mass is 32.3. The second kappa shape index (κ2) is 14.8. The van der Waals surface area contributed by atoms with E-state index in [4.69, 9.17) is 8.74 Å². The normalized spacial score (nSPS) is 29.1. The van der Waals surface area contributed by atoms with Crippen molar-refractivity contribution in [3.63, 3.8) is 0 Å². The summed E-state index contributed by atoms with van der Waals surface area (Å²) in [7, 11) is -6.01. The third-order valence-corrected chi connectivity index (χ3v) is 12.6. The number of benzene rings is 1. The molecule has 0 amide bonds. The van der Waals surface area contributed by atoms with Gasteiger partial charge in [0.05, 0.1) is 6.10 Å². The molecule has 7 atom stereocenters. The van der Waals surface area contributed by atoms with Gasteiger partial charge in [0.2, 0.25) is 0 Å². The standard InChI is InChI=1S/C32H47F5O6S2/c1-30-17-15-26-25-12-11-24(43-45(40,41)42)21-23(25)20-22(29(26)27(30)13-14-28(30)38)10-7-5-3-2-4-6-8-18-44(39)19-9-16-31(33,34)32(35,36)37/h11-12,21-22,26-29,38H,2-10,13-20H2,1H3,(H,40,41,42). The smallest absolute Gasteiger partial charge is 0.393 e. The molecule has 0 bridgehead atoms. The molecule has 2 N–H and O–H groups in total. The van der Waals surface area contributed by atoms with Crippen LogP contribution in [0.25, 0.3) is 0 Å². The van der Waals surface area contributed by atoms with Crippen molar-refractivity contribution in [2.45, 2.75) is 127 Å². The van der Waals surface area contributed by atoms with Crippen LogP contribution in [-0.2, 0) is 27.6 Å². The lowest BCUT2D eigenvalue weighted by atomic mass is 9.52. The molecule has 3 aliphatic rings. The number of alkyl halides is 5. The van der Waals surface area contributed by atoms with Crippen LogP contribution in [0.5, 0.6) is 5.75 Å². The summed E-state index contributed by atoms with van der Waals surface area (Å²) in [6.07, 6.45) is 4.57. The van der Waals surface area contributed by atoms with Crippen LogP contribution >= 0.6 is 0 Å². The number of hydrogen-bond acceptors (Lipinski definition) is 5. The Hall–Kier alpha value is -1.31. The minimum absolute atomic E-state index is 0.0806. The molecular formula is C32H47F5O6S2. The predicted molar refractivity (Wildman–Crippen MR) is 163 cm³/mol. The van der Waals surface area contributed by atoms with Crippen molar-refractivity contribution in [1.82, 2.24) is 0 Å². The van der Waals surface area contributed by atoms with E-state index in [-0.39, 0.29) is 23.0 Å². The van der Waals surface area contributed by atoms with Crippen molar-refractivity contribution in [3.05, 3.63) is 29.3 Å². The van der Waals surface area contributed by atoms with Gasteiger partial charge in [-0.15, -0.1) is 0 Å². The average molecular weight is 687 g/mol. The zero-order chi connectivity index (χ0) is 33.0. The Balaban J connectivity index is 1.22. The summed E-state index contributed by atoms with van der Waals surface area (Å²) in [6.45, 7) is 2.24. The second-order valence-electron chi connectivity index (χ2n) is 13.7. The van der Waals surface area contributed by atoms with Crippen molar-refractivity contribution in [1.29, 1.82) is 0 Å². The number of aliphatic hydroxyl groups excluding tert-OH is 1. The molecule has 0 radical (unpaired) electrons. The molecule has 7 unspecified atom stereocenters. The van der Waals surface area contributed by atoms with Crippen LogP contribution in [0.2, 0.25) is 0 Å². The van der Waals surface area contributed by atoms with E-state index >= 15 is 0 Å². The van der Waals surface area contributed by atoms with Gasteiger partial charge in [0.15, 0.2) is 0 Å². The lowest BCUT2D eigenvalue weighted by molar-refractivity contribution is -0.284. The molecule has 258 valence electrons. The van der Waals surface area contributed by atoms with Crippen molar-refractivity contribution in [3.8, 4) is 5.75 Å². The van der Waals surface area contributed by atoms with E-state index in [1.54, 1.807) is 12.1 Å². The van der Waals surface area contributed by atoms with Gasteiger partial charge in [-0.1, -0.05) is 51.5 Å². The zero-order valence-electron chi connectivity index (χ0n) is 25.9. The molecule has 2 fully saturated rings. The highest BCUT2D eigenvalue weighted by Gasteiger charge is 2.57. The first kappa shape index (κ1) is 36.5. The third-order valence-electron chi connectivity index (χ3n) is 10.7. The summed E-state index contributed by atoms with van der Waals surface area (Å²) in [4.78, 5) is 0. The fraction of sp³-hybridized carbons (Fsp3) is 0.812. The van der Waals surface area contributed by atoms with Gasteiger partial charge in [-0.05, 0) is 104 Å². The second-order valence-corrected chi connectivity index (χ2v) is 16.4. The quantitative estimate of drug-likeness (QED) is 0.103. The molecule has 4 rings (SSSR count). The van der Waals surface area contributed by atoms with Gasteiger partial charge < -0.3 is 9.29 Å². The average Bonchev–Trinajstić information content (AvgIpc) is 3.24. The number of hydrogen-bond donors (Lipinski definition) is 2. The number of halogens is 5. The molecule has 1 aromatic carbocycles. The van der Waals surface area contributed by atoms with E-state index < -0.39 is 46.1 Å². The van der Waals surface area contributed by atoms with Gasteiger partial charge >= 0.3 is 22.5 Å². The van der Waals surface area contributed by atoms with Crippen LogP contribution in [0.15, 0.2) is 18.2 Å². The predicted octanol–water partition coefficient (Wildman–Crippen LogP) is 8.16. The summed E-state index contributed by atoms with van der Waals surface area (Å²) in [6, 6.07) is 5.30. The molecule has 0 aromatic heterocycles. The molecule has 45 heavy (non-hydrogen) atoms. The van der Waals surface area contributed by atoms with Crippen molar-refractivity contribution in [2.75, 3.05) is 11.5 Å². The molecule has 2 saturated carbocycles. The van der Waals surface area contributed by atoms with Crippen molar-refractivity contribution >= 4 is 21.2 Å². The fourth-order valence-electron chi connectivity index (χ4n) is 8.45. The minimum Gasteiger partial charge on any atom is -0.393 e. The van der Waals surface area contributed by atoms with Gasteiger partial charge in [-0.3, -0.25) is 8.76 Å². The van der Waals surface area contributed by atoms with Crippen LogP contribution < -0.4 is 4.18 Å². The highest BCUT2D eigenvalue weighted by Crippen LogP contribution is 2.62. The number of rotatable bonds is 16. The maximum Gasteiger partial charge on any atom is 0.453 e. The summed E-state index contributed by atoms with van der Waals surface area (Å²) in [5.74, 6) is -2.84. The first-order valence-corrected chi connectivity index (χ1v) is 19.1. The Bertz CT molecular complexity index is 1270. The van der Waals surface area contributed by atoms with Gasteiger partial charge in [0, 0.05) is 28.7 Å². The molecule has 13 heteroatoms. The Morgan fingerprint density at radius 1 is 0.956 bits per heavy atom. The Morgan fingerprint density at radius 2 is 1.60 bits per heavy atom. The largest absolute Gasteiger partial charge is 0.453 e. The van der Waals surface area contributed by atoms with E-state index in [2.05, 4.69) is 6.92 Å². The zero-order valence-corrected chi connectivity index (χ0v) is 27.5. The highest BCUT2D eigenvalue weighted by molar-refractivity contribution is 7.84.